The van der Waals surface area contributed by atoms with Gasteiger partial charge in [-0.15, -0.1) is 0 Å². The van der Waals surface area contributed by atoms with Crippen LogP contribution in [0.2, 0.25) is 0 Å². The summed E-state index contributed by atoms with van der Waals surface area (Å²) >= 11 is 0. The van der Waals surface area contributed by atoms with E-state index < -0.39 is 0 Å². The Morgan fingerprint density at radius 1 is 1.12 bits per heavy atom. The van der Waals surface area contributed by atoms with Crippen molar-refractivity contribution in [1.29, 1.82) is 0 Å². The molecule has 4 rings (SSSR count). The van der Waals surface area contributed by atoms with Gasteiger partial charge in [0.15, 0.2) is 0 Å². The van der Waals surface area contributed by atoms with Crippen LogP contribution in [-0.2, 0) is 20.8 Å². The lowest BCUT2D eigenvalue weighted by molar-refractivity contribution is -0.136. The van der Waals surface area contributed by atoms with Crippen LogP contribution < -0.4 is 0 Å². The van der Waals surface area contributed by atoms with Crippen molar-refractivity contribution in [1.82, 2.24) is 4.57 Å². The molecule has 2 heterocycles. The minimum Gasteiger partial charge on any atom is -0.466 e. The molecule has 1 aromatic carbocycles. The third kappa shape index (κ3) is 4.27. The molecule has 0 saturated heterocycles. The van der Waals surface area contributed by atoms with Crippen molar-refractivity contribution in [2.45, 2.75) is 57.9 Å². The molecule has 0 unspecified atom stereocenters. The van der Waals surface area contributed by atoms with Crippen molar-refractivity contribution in [2.24, 2.45) is 0 Å². The molecule has 1 fully saturated rings. The summed E-state index contributed by atoms with van der Waals surface area (Å²) in [6.45, 7) is 6.61. The molecule has 0 atom stereocenters. The number of rotatable bonds is 6. The number of hydrogen-bond acceptors (Lipinski definition) is 4. The molecule has 0 bridgehead atoms. The van der Waals surface area contributed by atoms with Crippen LogP contribution in [0.1, 0.15) is 73.0 Å². The minimum atomic E-state index is -0.375. The highest BCUT2D eigenvalue weighted by Crippen LogP contribution is 2.45. The number of carbonyl (C=O) groups excluding carboxylic acids is 2. The number of ether oxygens (including phenoxy) is 2. The van der Waals surface area contributed by atoms with Crippen molar-refractivity contribution in [3.63, 3.8) is 0 Å². The SMILES string of the molecule is C=CC1=C(/C=C\CC)C=C(C(=O)OC)Cn2c1c(C1CCCCC1)c1ccc(C(=O)OC)cc12. The van der Waals surface area contributed by atoms with E-state index in [0.717, 1.165) is 47.0 Å². The van der Waals surface area contributed by atoms with Gasteiger partial charge in [-0.05, 0) is 54.5 Å². The molecule has 0 N–H and O–H groups in total. The van der Waals surface area contributed by atoms with Crippen LogP contribution in [0.15, 0.2) is 60.2 Å². The molecule has 5 heteroatoms. The number of nitrogens with zero attached hydrogens (tertiary/aromatic N) is 1. The highest BCUT2D eigenvalue weighted by Gasteiger charge is 2.30. The minimum absolute atomic E-state index is 0.358. The molecule has 2 aliphatic rings. The first kappa shape index (κ1) is 23.8. The lowest BCUT2D eigenvalue weighted by atomic mass is 9.81. The largest absolute Gasteiger partial charge is 0.466 e. The Morgan fingerprint density at radius 3 is 2.50 bits per heavy atom. The van der Waals surface area contributed by atoms with Crippen molar-refractivity contribution < 1.29 is 19.1 Å². The molecule has 1 saturated carbocycles. The van der Waals surface area contributed by atoms with Crippen LogP contribution in [0.5, 0.6) is 0 Å². The van der Waals surface area contributed by atoms with Crippen molar-refractivity contribution in [2.75, 3.05) is 14.2 Å². The topological polar surface area (TPSA) is 57.5 Å². The van der Waals surface area contributed by atoms with Gasteiger partial charge < -0.3 is 14.0 Å². The molecule has 0 radical (unpaired) electrons. The molecule has 1 aliphatic carbocycles. The maximum atomic E-state index is 12.8. The Hall–Kier alpha value is -3.34. The summed E-state index contributed by atoms with van der Waals surface area (Å²) in [5.74, 6) is -0.313. The first-order valence-electron chi connectivity index (χ1n) is 12.1. The highest BCUT2D eigenvalue weighted by molar-refractivity contribution is 6.00. The molecule has 0 amide bonds. The second-order valence-corrected chi connectivity index (χ2v) is 8.95. The van der Waals surface area contributed by atoms with Gasteiger partial charge >= 0.3 is 11.9 Å². The van der Waals surface area contributed by atoms with E-state index in [1.165, 1.54) is 39.0 Å². The van der Waals surface area contributed by atoms with Crippen LogP contribution in [0.3, 0.4) is 0 Å². The number of esters is 2. The fraction of sp³-hybridized carbons (Fsp3) is 0.379. The fourth-order valence-electron chi connectivity index (χ4n) is 5.35. The lowest BCUT2D eigenvalue weighted by Crippen LogP contribution is -2.13. The number of benzene rings is 1. The Bertz CT molecular complexity index is 1220. The molecule has 1 aliphatic heterocycles. The summed E-state index contributed by atoms with van der Waals surface area (Å²) in [4.78, 5) is 25.1. The maximum Gasteiger partial charge on any atom is 0.337 e. The predicted molar refractivity (Wildman–Crippen MR) is 136 cm³/mol. The molecule has 2 aromatic rings. The second-order valence-electron chi connectivity index (χ2n) is 8.95. The van der Waals surface area contributed by atoms with Crippen LogP contribution in [-0.4, -0.2) is 30.7 Å². The van der Waals surface area contributed by atoms with E-state index in [1.807, 2.05) is 30.4 Å². The van der Waals surface area contributed by atoms with E-state index in [1.54, 1.807) is 0 Å². The van der Waals surface area contributed by atoms with E-state index >= 15 is 0 Å². The number of allylic oxidation sites excluding steroid dienone is 6. The number of methoxy groups -OCH3 is 2. The summed E-state index contributed by atoms with van der Waals surface area (Å²) in [7, 11) is 2.80. The van der Waals surface area contributed by atoms with Crippen LogP contribution in [0, 0.1) is 0 Å². The predicted octanol–water partition coefficient (Wildman–Crippen LogP) is 6.49. The quantitative estimate of drug-likeness (QED) is 0.463. The third-order valence-corrected chi connectivity index (χ3v) is 6.95. The smallest absolute Gasteiger partial charge is 0.337 e. The van der Waals surface area contributed by atoms with Gasteiger partial charge in [0.1, 0.15) is 0 Å². The first-order chi connectivity index (χ1) is 16.5. The summed E-state index contributed by atoms with van der Waals surface area (Å²) < 4.78 is 12.3. The van der Waals surface area contributed by atoms with Gasteiger partial charge in [-0.3, -0.25) is 0 Å². The normalized spacial score (nSPS) is 16.9. The summed E-state index contributed by atoms with van der Waals surface area (Å²) in [5.41, 5.74) is 6.31. The molecule has 34 heavy (non-hydrogen) atoms. The zero-order chi connectivity index (χ0) is 24.2. The Balaban J connectivity index is 2.09. The number of hydrogen-bond donors (Lipinski definition) is 0. The Kier molecular flexibility index (Phi) is 7.20. The van der Waals surface area contributed by atoms with Crippen LogP contribution >= 0.6 is 0 Å². The van der Waals surface area contributed by atoms with Gasteiger partial charge in [0.25, 0.3) is 0 Å². The van der Waals surface area contributed by atoms with Gasteiger partial charge in [-0.2, -0.15) is 0 Å². The van der Waals surface area contributed by atoms with Crippen LogP contribution in [0.25, 0.3) is 16.5 Å². The number of fused-ring (bicyclic) bond motifs is 3. The van der Waals surface area contributed by atoms with Crippen molar-refractivity contribution in [3.05, 3.63) is 77.0 Å². The Labute approximate surface area is 201 Å². The average molecular weight is 460 g/mol. The molecular weight excluding hydrogens is 426 g/mol. The average Bonchev–Trinajstić information content (AvgIpc) is 3.09. The third-order valence-electron chi connectivity index (χ3n) is 6.95. The lowest BCUT2D eigenvalue weighted by Gasteiger charge is -2.24. The molecule has 0 spiro atoms. The maximum absolute atomic E-state index is 12.8. The highest BCUT2D eigenvalue weighted by atomic mass is 16.5. The summed E-state index contributed by atoms with van der Waals surface area (Å²) in [5, 5.41) is 1.12. The van der Waals surface area contributed by atoms with E-state index in [2.05, 4.69) is 30.2 Å². The van der Waals surface area contributed by atoms with Gasteiger partial charge in [0, 0.05) is 16.5 Å². The van der Waals surface area contributed by atoms with E-state index in [4.69, 9.17) is 9.47 Å². The fourth-order valence-corrected chi connectivity index (χ4v) is 5.35. The van der Waals surface area contributed by atoms with Crippen molar-refractivity contribution in [3.8, 4) is 0 Å². The molecule has 178 valence electrons. The summed E-state index contributed by atoms with van der Waals surface area (Å²) in [6, 6.07) is 5.77. The zero-order valence-corrected chi connectivity index (χ0v) is 20.4. The van der Waals surface area contributed by atoms with Gasteiger partial charge in [-0.1, -0.05) is 57.1 Å². The van der Waals surface area contributed by atoms with Gasteiger partial charge in [-0.25, -0.2) is 9.59 Å². The van der Waals surface area contributed by atoms with Gasteiger partial charge in [0.05, 0.1) is 37.6 Å². The molecular formula is C29H33NO4. The number of aromatic nitrogens is 1. The van der Waals surface area contributed by atoms with Crippen molar-refractivity contribution >= 4 is 28.4 Å². The second kappa shape index (κ2) is 10.3. The molecule has 5 nitrogen and oxygen atoms in total. The van der Waals surface area contributed by atoms with E-state index in [9.17, 15) is 9.59 Å². The first-order valence-corrected chi connectivity index (χ1v) is 12.1. The Morgan fingerprint density at radius 2 is 1.85 bits per heavy atom. The van der Waals surface area contributed by atoms with Crippen LogP contribution in [0.4, 0.5) is 0 Å². The standard InChI is InChI=1S/C29H33NO4/c1-5-7-11-20-16-22(29(32)34-4)18-30-25-17-21(28(31)33-3)14-15-24(25)26(27(30)23(20)6-2)19-12-9-8-10-13-19/h6-7,11,14-17,19H,2,5,8-10,12-13,18H2,1,3-4H3/b11-7-. The molecule has 1 aromatic heterocycles. The number of carbonyl (C=O) groups is 2. The van der Waals surface area contributed by atoms with E-state index in [0.29, 0.717) is 23.6 Å². The summed E-state index contributed by atoms with van der Waals surface area (Å²) in [6.07, 6.45) is 14.8. The van der Waals surface area contributed by atoms with Gasteiger partial charge in [0.2, 0.25) is 0 Å². The monoisotopic (exact) mass is 459 g/mol. The zero-order valence-electron chi connectivity index (χ0n) is 20.4. The van der Waals surface area contributed by atoms with E-state index in [-0.39, 0.29) is 11.9 Å².